The van der Waals surface area contributed by atoms with Crippen LogP contribution < -0.4 is 5.32 Å². The van der Waals surface area contributed by atoms with Crippen LogP contribution in [0.4, 0.5) is 4.79 Å². The summed E-state index contributed by atoms with van der Waals surface area (Å²) in [6, 6.07) is 0.715. The molecule has 0 radical (unpaired) electrons. The average molecular weight is 314 g/mol. The lowest BCUT2D eigenvalue weighted by Crippen LogP contribution is -2.42. The van der Waals surface area contributed by atoms with Crippen LogP contribution in [0.3, 0.4) is 0 Å². The van der Waals surface area contributed by atoms with E-state index in [0.717, 1.165) is 51.8 Å². The molecular weight excluding hydrogens is 280 g/mol. The Morgan fingerprint density at radius 1 is 1.36 bits per heavy atom. The van der Waals surface area contributed by atoms with Gasteiger partial charge in [-0.1, -0.05) is 0 Å². The van der Waals surface area contributed by atoms with Crippen LogP contribution in [0, 0.1) is 0 Å². The van der Waals surface area contributed by atoms with Crippen LogP contribution in [-0.2, 0) is 9.47 Å². The molecule has 0 aromatic heterocycles. The van der Waals surface area contributed by atoms with Crippen molar-refractivity contribution in [3.63, 3.8) is 0 Å². The van der Waals surface area contributed by atoms with Gasteiger partial charge in [0.25, 0.3) is 0 Å². The molecule has 2 atom stereocenters. The second-order valence-corrected chi connectivity index (χ2v) is 7.26. The molecule has 5 heteroatoms. The van der Waals surface area contributed by atoms with Crippen LogP contribution in [0.1, 0.15) is 59.8 Å². The summed E-state index contributed by atoms with van der Waals surface area (Å²) in [7, 11) is 1.74. The lowest BCUT2D eigenvalue weighted by molar-refractivity contribution is 0.0214. The highest BCUT2D eigenvalue weighted by Crippen LogP contribution is 2.24. The van der Waals surface area contributed by atoms with Crippen molar-refractivity contribution in [3.8, 4) is 0 Å². The molecule has 0 aliphatic carbocycles. The molecule has 1 rings (SSSR count). The van der Waals surface area contributed by atoms with E-state index in [1.165, 1.54) is 0 Å². The molecule has 1 amide bonds. The number of amides is 1. The van der Waals surface area contributed by atoms with E-state index in [1.807, 2.05) is 25.7 Å². The second kappa shape index (κ2) is 9.36. The fraction of sp³-hybridized carbons (Fsp3) is 0.941. The lowest BCUT2D eigenvalue weighted by Gasteiger charge is -2.30. The Labute approximate surface area is 135 Å². The Hall–Kier alpha value is -0.810. The molecule has 5 nitrogen and oxygen atoms in total. The van der Waals surface area contributed by atoms with E-state index in [9.17, 15) is 4.79 Å². The Kier molecular flexibility index (Phi) is 8.18. The first kappa shape index (κ1) is 19.2. The van der Waals surface area contributed by atoms with E-state index in [0.29, 0.717) is 12.1 Å². The molecule has 22 heavy (non-hydrogen) atoms. The summed E-state index contributed by atoms with van der Waals surface area (Å²) in [5, 5.41) is 3.54. The maximum absolute atomic E-state index is 12.3. The maximum Gasteiger partial charge on any atom is 0.410 e. The van der Waals surface area contributed by atoms with Crippen molar-refractivity contribution in [2.24, 2.45) is 0 Å². The smallest absolute Gasteiger partial charge is 0.410 e. The third-order valence-electron chi connectivity index (χ3n) is 3.90. The highest BCUT2D eigenvalue weighted by atomic mass is 16.6. The molecule has 1 saturated heterocycles. The zero-order valence-corrected chi connectivity index (χ0v) is 15.0. The molecule has 1 heterocycles. The van der Waals surface area contributed by atoms with Crippen molar-refractivity contribution in [2.45, 2.75) is 77.5 Å². The van der Waals surface area contributed by atoms with E-state index in [1.54, 1.807) is 7.11 Å². The van der Waals surface area contributed by atoms with Gasteiger partial charge >= 0.3 is 6.09 Å². The first-order chi connectivity index (χ1) is 10.3. The summed E-state index contributed by atoms with van der Waals surface area (Å²) in [5.41, 5.74) is -0.421. The van der Waals surface area contributed by atoms with Crippen molar-refractivity contribution in [1.29, 1.82) is 0 Å². The van der Waals surface area contributed by atoms with E-state index < -0.39 is 5.60 Å². The number of carbonyl (C=O) groups excluding carboxylic acids is 1. The quantitative estimate of drug-likeness (QED) is 0.699. The highest BCUT2D eigenvalue weighted by Gasteiger charge is 2.32. The molecule has 0 spiro atoms. The molecule has 0 bridgehead atoms. The van der Waals surface area contributed by atoms with Crippen LogP contribution in [0.15, 0.2) is 0 Å². The molecule has 0 aromatic carbocycles. The number of ether oxygens (including phenoxy) is 2. The molecule has 1 aliphatic heterocycles. The predicted octanol–water partition coefficient (Wildman–Crippen LogP) is 3.18. The van der Waals surface area contributed by atoms with Gasteiger partial charge in [-0.3, -0.25) is 0 Å². The number of nitrogens with one attached hydrogen (secondary N) is 1. The number of rotatable bonds is 8. The topological polar surface area (TPSA) is 50.8 Å². The van der Waals surface area contributed by atoms with Crippen LogP contribution in [0.5, 0.6) is 0 Å². The van der Waals surface area contributed by atoms with Crippen LogP contribution in [-0.4, -0.2) is 55.5 Å². The van der Waals surface area contributed by atoms with Crippen LogP contribution >= 0.6 is 0 Å². The number of unbranched alkanes of at least 4 members (excludes halogenated alkanes) is 1. The van der Waals surface area contributed by atoms with E-state index in [4.69, 9.17) is 9.47 Å². The summed E-state index contributed by atoms with van der Waals surface area (Å²) in [6.45, 7) is 10.6. The summed E-state index contributed by atoms with van der Waals surface area (Å²) >= 11 is 0. The molecule has 1 fully saturated rings. The van der Waals surface area contributed by atoms with Gasteiger partial charge in [0, 0.05) is 32.3 Å². The van der Waals surface area contributed by atoms with Gasteiger partial charge in [-0.25, -0.2) is 4.79 Å². The Morgan fingerprint density at radius 3 is 2.73 bits per heavy atom. The molecule has 1 N–H and O–H groups in total. The van der Waals surface area contributed by atoms with E-state index in [-0.39, 0.29) is 6.09 Å². The van der Waals surface area contributed by atoms with Crippen molar-refractivity contribution < 1.29 is 14.3 Å². The Morgan fingerprint density at radius 2 is 2.09 bits per heavy atom. The van der Waals surface area contributed by atoms with Gasteiger partial charge in [0.05, 0.1) is 0 Å². The summed E-state index contributed by atoms with van der Waals surface area (Å²) < 4.78 is 10.6. The molecule has 130 valence electrons. The van der Waals surface area contributed by atoms with Crippen molar-refractivity contribution in [3.05, 3.63) is 0 Å². The average Bonchev–Trinajstić information content (AvgIpc) is 2.84. The SMILES string of the molecule is COCCCCNC(C)CC1CCCN1C(=O)OC(C)(C)C. The van der Waals surface area contributed by atoms with Crippen LogP contribution in [0.25, 0.3) is 0 Å². The predicted molar refractivity (Wildman–Crippen MR) is 89.2 cm³/mol. The minimum atomic E-state index is -0.421. The largest absolute Gasteiger partial charge is 0.444 e. The molecule has 2 unspecified atom stereocenters. The lowest BCUT2D eigenvalue weighted by atomic mass is 10.1. The molecule has 1 aliphatic rings. The molecular formula is C17H34N2O3. The number of hydrogen-bond donors (Lipinski definition) is 1. The van der Waals surface area contributed by atoms with Crippen molar-refractivity contribution in [2.75, 3.05) is 26.8 Å². The fourth-order valence-electron chi connectivity index (χ4n) is 2.85. The number of nitrogens with zero attached hydrogens (tertiary/aromatic N) is 1. The van der Waals surface area contributed by atoms with Gasteiger partial charge < -0.3 is 19.7 Å². The van der Waals surface area contributed by atoms with Crippen molar-refractivity contribution in [1.82, 2.24) is 10.2 Å². The monoisotopic (exact) mass is 314 g/mol. The van der Waals surface area contributed by atoms with Gasteiger partial charge in [-0.2, -0.15) is 0 Å². The third-order valence-corrected chi connectivity index (χ3v) is 3.90. The second-order valence-electron chi connectivity index (χ2n) is 7.26. The van der Waals surface area contributed by atoms with Gasteiger partial charge in [0.1, 0.15) is 5.60 Å². The number of methoxy groups -OCH3 is 1. The summed E-state index contributed by atoms with van der Waals surface area (Å²) in [5.74, 6) is 0. The summed E-state index contributed by atoms with van der Waals surface area (Å²) in [4.78, 5) is 14.2. The standard InChI is InChI=1S/C17H34N2O3/c1-14(18-10-6-7-12-21-5)13-15-9-8-11-19(15)16(20)22-17(2,3)4/h14-15,18H,6-13H2,1-5H3. The Balaban J connectivity index is 2.32. The van der Waals surface area contributed by atoms with Gasteiger partial charge in [-0.15, -0.1) is 0 Å². The fourth-order valence-corrected chi connectivity index (χ4v) is 2.85. The Bertz CT molecular complexity index is 328. The third kappa shape index (κ3) is 7.45. The van der Waals surface area contributed by atoms with Gasteiger partial charge in [0.15, 0.2) is 0 Å². The molecule has 0 saturated carbocycles. The van der Waals surface area contributed by atoms with Gasteiger partial charge in [0.2, 0.25) is 0 Å². The molecule has 0 aromatic rings. The number of carbonyl (C=O) groups is 1. The number of likely N-dealkylation sites (tertiary alicyclic amines) is 1. The zero-order chi connectivity index (χ0) is 16.6. The normalized spacial score (nSPS) is 20.2. The number of hydrogen-bond acceptors (Lipinski definition) is 4. The van der Waals surface area contributed by atoms with Gasteiger partial charge in [-0.05, 0) is 66.3 Å². The van der Waals surface area contributed by atoms with Crippen molar-refractivity contribution >= 4 is 6.09 Å². The highest BCUT2D eigenvalue weighted by molar-refractivity contribution is 5.68. The first-order valence-corrected chi connectivity index (χ1v) is 8.55. The van der Waals surface area contributed by atoms with E-state index in [2.05, 4.69) is 12.2 Å². The van der Waals surface area contributed by atoms with Crippen LogP contribution in [0.2, 0.25) is 0 Å². The summed E-state index contributed by atoms with van der Waals surface area (Å²) in [6.07, 6.45) is 5.19. The first-order valence-electron chi connectivity index (χ1n) is 8.55. The zero-order valence-electron chi connectivity index (χ0n) is 15.0. The minimum absolute atomic E-state index is 0.165. The maximum atomic E-state index is 12.3. The van der Waals surface area contributed by atoms with E-state index >= 15 is 0 Å². The minimum Gasteiger partial charge on any atom is -0.444 e.